The third kappa shape index (κ3) is 6.29. The highest BCUT2D eigenvalue weighted by molar-refractivity contribution is 7.80. The van der Waals surface area contributed by atoms with E-state index in [2.05, 4.69) is 20.6 Å². The van der Waals surface area contributed by atoms with Gasteiger partial charge in [-0.3, -0.25) is 5.43 Å². The van der Waals surface area contributed by atoms with Crippen LogP contribution >= 0.6 is 12.2 Å². The van der Waals surface area contributed by atoms with Gasteiger partial charge in [0.2, 0.25) is 0 Å². The van der Waals surface area contributed by atoms with Crippen LogP contribution in [0.4, 0.5) is 14.5 Å². The molecule has 0 fully saturated rings. The van der Waals surface area contributed by atoms with Crippen LogP contribution in [-0.2, 0) is 0 Å². The van der Waals surface area contributed by atoms with Crippen LogP contribution in [0, 0.1) is 0 Å². The first kappa shape index (κ1) is 19.6. The van der Waals surface area contributed by atoms with Crippen molar-refractivity contribution in [3.63, 3.8) is 0 Å². The molecule has 2 aromatic carbocycles. The van der Waals surface area contributed by atoms with E-state index in [1.165, 1.54) is 12.1 Å². The Morgan fingerprint density at radius 1 is 1.08 bits per heavy atom. The number of ether oxygens (including phenoxy) is 2. The van der Waals surface area contributed by atoms with E-state index >= 15 is 0 Å². The maximum atomic E-state index is 12.1. The summed E-state index contributed by atoms with van der Waals surface area (Å²) in [5.41, 5.74) is 4.94. The normalized spacial score (nSPS) is 11.2. The van der Waals surface area contributed by atoms with Crippen LogP contribution in [0.25, 0.3) is 0 Å². The van der Waals surface area contributed by atoms with Crippen molar-refractivity contribution in [2.75, 3.05) is 11.9 Å². The summed E-state index contributed by atoms with van der Waals surface area (Å²) in [6.07, 6.45) is 0. The summed E-state index contributed by atoms with van der Waals surface area (Å²) >= 11 is 5.19. The van der Waals surface area contributed by atoms with Crippen molar-refractivity contribution in [3.8, 4) is 11.5 Å². The Bertz CT molecular complexity index is 750. The van der Waals surface area contributed by atoms with Crippen molar-refractivity contribution >= 4 is 28.7 Å². The second kappa shape index (κ2) is 9.67. The van der Waals surface area contributed by atoms with Gasteiger partial charge in [-0.2, -0.15) is 13.9 Å². The molecule has 0 saturated heterocycles. The van der Waals surface area contributed by atoms with E-state index in [-0.39, 0.29) is 5.75 Å². The number of thiocarbonyl (C=S) groups is 1. The minimum atomic E-state index is -2.84. The summed E-state index contributed by atoms with van der Waals surface area (Å²) < 4.78 is 34.0. The maximum absolute atomic E-state index is 12.1. The fraction of sp³-hybridized carbons (Fsp3) is 0.222. The summed E-state index contributed by atoms with van der Waals surface area (Å²) in [7, 11) is 0. The molecule has 0 aromatic heterocycles. The minimum absolute atomic E-state index is 0.0946. The van der Waals surface area contributed by atoms with Crippen LogP contribution in [0.3, 0.4) is 0 Å². The molecule has 0 heterocycles. The molecule has 2 rings (SSSR count). The van der Waals surface area contributed by atoms with Gasteiger partial charge in [0.25, 0.3) is 0 Å². The van der Waals surface area contributed by atoms with Crippen molar-refractivity contribution in [3.05, 3.63) is 54.1 Å². The molecule has 138 valence electrons. The van der Waals surface area contributed by atoms with Gasteiger partial charge in [0, 0.05) is 5.69 Å². The first-order chi connectivity index (χ1) is 12.5. The van der Waals surface area contributed by atoms with Gasteiger partial charge in [-0.15, -0.1) is 0 Å². The molecule has 2 N–H and O–H groups in total. The van der Waals surface area contributed by atoms with Gasteiger partial charge in [0.15, 0.2) is 5.11 Å². The molecule has 5 nitrogen and oxygen atoms in total. The van der Waals surface area contributed by atoms with E-state index in [4.69, 9.17) is 17.0 Å². The van der Waals surface area contributed by atoms with Crippen LogP contribution in [0.15, 0.2) is 53.6 Å². The third-order valence-electron chi connectivity index (χ3n) is 3.25. The molecule has 0 aliphatic rings. The van der Waals surface area contributed by atoms with Gasteiger partial charge in [-0.1, -0.05) is 0 Å². The number of hydrogen-bond donors (Lipinski definition) is 2. The lowest BCUT2D eigenvalue weighted by atomic mass is 10.1. The molecule has 2 aromatic rings. The van der Waals surface area contributed by atoms with Crippen molar-refractivity contribution < 1.29 is 18.3 Å². The molecule has 26 heavy (non-hydrogen) atoms. The summed E-state index contributed by atoms with van der Waals surface area (Å²) in [6.45, 7) is 1.46. The summed E-state index contributed by atoms with van der Waals surface area (Å²) in [4.78, 5) is 0. The zero-order chi connectivity index (χ0) is 18.9. The summed E-state index contributed by atoms with van der Waals surface area (Å²) in [6, 6.07) is 13.6. The molecule has 0 atom stereocenters. The maximum Gasteiger partial charge on any atom is 0.387 e. The highest BCUT2D eigenvalue weighted by Crippen LogP contribution is 2.16. The molecule has 0 unspecified atom stereocenters. The van der Waals surface area contributed by atoms with E-state index in [0.717, 1.165) is 17.0 Å². The molecule has 8 heteroatoms. The number of benzene rings is 2. The zero-order valence-electron chi connectivity index (χ0n) is 14.3. The predicted octanol–water partition coefficient (Wildman–Crippen LogP) is 4.40. The molecule has 0 spiro atoms. The largest absolute Gasteiger partial charge is 0.494 e. The van der Waals surface area contributed by atoms with Crippen LogP contribution < -0.4 is 20.2 Å². The topological polar surface area (TPSA) is 54.9 Å². The van der Waals surface area contributed by atoms with Gasteiger partial charge in [-0.25, -0.2) is 0 Å². The smallest absolute Gasteiger partial charge is 0.387 e. The molecular weight excluding hydrogens is 360 g/mol. The van der Waals surface area contributed by atoms with Crippen molar-refractivity contribution in [2.24, 2.45) is 5.10 Å². The quantitative estimate of drug-likeness (QED) is 0.424. The molecule has 0 amide bonds. The SMILES string of the molecule is CCOc1ccc(NC(=S)N/N=C(/C)c2ccc(OC(F)F)cc2)cc1. The highest BCUT2D eigenvalue weighted by atomic mass is 32.1. The first-order valence-electron chi connectivity index (χ1n) is 7.87. The van der Waals surface area contributed by atoms with E-state index in [1.54, 1.807) is 19.1 Å². The average Bonchev–Trinajstić information content (AvgIpc) is 2.62. The second-order valence-corrected chi connectivity index (χ2v) is 5.53. The Hall–Kier alpha value is -2.74. The molecule has 0 aliphatic carbocycles. The Labute approximate surface area is 156 Å². The van der Waals surface area contributed by atoms with Gasteiger partial charge >= 0.3 is 6.61 Å². The van der Waals surface area contributed by atoms with Crippen molar-refractivity contribution in [1.82, 2.24) is 5.43 Å². The Kier molecular flexibility index (Phi) is 7.28. The molecule has 0 radical (unpaired) electrons. The zero-order valence-corrected chi connectivity index (χ0v) is 15.1. The highest BCUT2D eigenvalue weighted by Gasteiger charge is 2.05. The fourth-order valence-corrected chi connectivity index (χ4v) is 2.20. The predicted molar refractivity (Wildman–Crippen MR) is 102 cm³/mol. The number of alkyl halides is 2. The Morgan fingerprint density at radius 2 is 1.69 bits per heavy atom. The van der Waals surface area contributed by atoms with Crippen LogP contribution in [0.1, 0.15) is 19.4 Å². The van der Waals surface area contributed by atoms with Crippen molar-refractivity contribution in [2.45, 2.75) is 20.5 Å². The number of hydrogen-bond acceptors (Lipinski definition) is 4. The lowest BCUT2D eigenvalue weighted by Crippen LogP contribution is -2.24. The van der Waals surface area contributed by atoms with Gasteiger partial charge in [0.1, 0.15) is 11.5 Å². The van der Waals surface area contributed by atoms with Crippen LogP contribution in [0.5, 0.6) is 11.5 Å². The standard InChI is InChI=1S/C18H19F2N3O2S/c1-3-24-15-10-6-14(7-11-15)21-18(26)23-22-12(2)13-4-8-16(9-5-13)25-17(19)20/h4-11,17H,3H2,1-2H3,(H2,21,23,26)/b22-12-. The number of hydrazone groups is 1. The monoisotopic (exact) mass is 379 g/mol. The number of halogens is 2. The summed E-state index contributed by atoms with van der Waals surface area (Å²) in [5, 5.41) is 7.51. The number of nitrogens with zero attached hydrogens (tertiary/aromatic N) is 1. The van der Waals surface area contributed by atoms with E-state index in [0.29, 0.717) is 17.4 Å². The Morgan fingerprint density at radius 3 is 2.27 bits per heavy atom. The molecule has 0 bridgehead atoms. The fourth-order valence-electron chi connectivity index (χ4n) is 2.04. The molecule has 0 aliphatic heterocycles. The lowest BCUT2D eigenvalue weighted by Gasteiger charge is -2.09. The number of rotatable bonds is 7. The number of anilines is 1. The average molecular weight is 379 g/mol. The molecule has 0 saturated carbocycles. The second-order valence-electron chi connectivity index (χ2n) is 5.12. The third-order valence-corrected chi connectivity index (χ3v) is 3.44. The van der Waals surface area contributed by atoms with Gasteiger partial charge in [0.05, 0.1) is 12.3 Å². The number of nitrogens with one attached hydrogen (secondary N) is 2. The Balaban J connectivity index is 1.89. The van der Waals surface area contributed by atoms with Crippen molar-refractivity contribution in [1.29, 1.82) is 0 Å². The van der Waals surface area contributed by atoms with Gasteiger partial charge < -0.3 is 14.8 Å². The van der Waals surface area contributed by atoms with E-state index < -0.39 is 6.61 Å². The van der Waals surface area contributed by atoms with Crippen LogP contribution in [0.2, 0.25) is 0 Å². The van der Waals surface area contributed by atoms with E-state index in [9.17, 15) is 8.78 Å². The summed E-state index contributed by atoms with van der Waals surface area (Å²) in [5.74, 6) is 0.877. The lowest BCUT2D eigenvalue weighted by molar-refractivity contribution is -0.0498. The minimum Gasteiger partial charge on any atom is -0.494 e. The molecular formula is C18H19F2N3O2S. The van der Waals surface area contributed by atoms with Gasteiger partial charge in [-0.05, 0) is 80.2 Å². The first-order valence-corrected chi connectivity index (χ1v) is 8.28. The van der Waals surface area contributed by atoms with E-state index in [1.807, 2.05) is 31.2 Å². The van der Waals surface area contributed by atoms with Crippen LogP contribution in [-0.4, -0.2) is 24.0 Å².